The van der Waals surface area contributed by atoms with Gasteiger partial charge in [0.15, 0.2) is 0 Å². The Balaban J connectivity index is -0.000000432. The van der Waals surface area contributed by atoms with Crippen LogP contribution < -0.4 is 0 Å². The van der Waals surface area contributed by atoms with Crippen LogP contribution in [0.2, 0.25) is 0 Å². The summed E-state index contributed by atoms with van der Waals surface area (Å²) in [5.41, 5.74) is -1.30. The van der Waals surface area contributed by atoms with Gasteiger partial charge in [-0.25, -0.2) is 9.09 Å². The van der Waals surface area contributed by atoms with Crippen molar-refractivity contribution < 1.29 is 51.6 Å². The van der Waals surface area contributed by atoms with Crippen molar-refractivity contribution in [2.75, 3.05) is 27.4 Å². The average molecular weight is 452 g/mol. The van der Waals surface area contributed by atoms with Gasteiger partial charge in [0.05, 0.1) is 10.8 Å². The molecule has 0 aliphatic heterocycles. The number of hydrogen-bond donors (Lipinski definition) is 2. The smallest absolute Gasteiger partial charge is 0.438 e. The molecule has 2 unspecified atom stereocenters. The Morgan fingerprint density at radius 2 is 1.14 bits per heavy atom. The van der Waals surface area contributed by atoms with Crippen LogP contribution in [0.5, 0.6) is 0 Å². The van der Waals surface area contributed by atoms with Gasteiger partial charge < -0.3 is 19.3 Å². The molecule has 0 heterocycles. The van der Waals surface area contributed by atoms with Crippen molar-refractivity contribution in [3.63, 3.8) is 0 Å². The monoisotopic (exact) mass is 452 g/mol. The summed E-state index contributed by atoms with van der Waals surface area (Å²) in [5, 5.41) is 0. The van der Waals surface area contributed by atoms with E-state index in [1.54, 1.807) is 41.5 Å². The quantitative estimate of drug-likeness (QED) is 0.332. The number of carbonyl (C=O) groups excluding carboxylic acids is 2. The number of carbonyl (C=O) groups is 2. The lowest BCUT2D eigenvalue weighted by atomic mass is 9.98. The van der Waals surface area contributed by atoms with Crippen LogP contribution in [-0.4, -0.2) is 49.1 Å². The number of hydrogen-bond acceptors (Lipinski definition) is 9. The Kier molecular flexibility index (Phi) is 14.5. The lowest BCUT2D eigenvalue weighted by molar-refractivity contribution is -0.161. The molecule has 13 heteroatoms. The molecule has 0 aliphatic carbocycles. The summed E-state index contributed by atoms with van der Waals surface area (Å²) in [4.78, 5) is 39.6. The van der Waals surface area contributed by atoms with E-state index in [9.17, 15) is 18.7 Å². The molecular formula is C15H34O11P2. The van der Waals surface area contributed by atoms with E-state index in [0.29, 0.717) is 0 Å². The molecule has 2 atom stereocenters. The van der Waals surface area contributed by atoms with E-state index >= 15 is 0 Å². The summed E-state index contributed by atoms with van der Waals surface area (Å²) < 4.78 is 43.2. The molecule has 0 amide bonds. The zero-order chi connectivity index (χ0) is 22.1. The number of ether oxygens (including phenoxy) is 2. The first-order chi connectivity index (χ1) is 11.8. The van der Waals surface area contributed by atoms with Gasteiger partial charge in [0, 0.05) is 13.8 Å². The lowest BCUT2D eigenvalue weighted by Gasteiger charge is -2.16. The van der Waals surface area contributed by atoms with Gasteiger partial charge >= 0.3 is 27.4 Å². The average Bonchev–Trinajstić information content (AvgIpc) is 2.44. The number of phosphoric ester groups is 1. The van der Waals surface area contributed by atoms with Crippen LogP contribution in [0, 0.1) is 10.8 Å². The van der Waals surface area contributed by atoms with Crippen LogP contribution in [0.15, 0.2) is 0 Å². The highest BCUT2D eigenvalue weighted by atomic mass is 31.2. The molecule has 0 aromatic rings. The summed E-state index contributed by atoms with van der Waals surface area (Å²) in [7, 11) is -6.59. The maximum Gasteiger partial charge on any atom is 0.474 e. The van der Waals surface area contributed by atoms with Crippen molar-refractivity contribution in [2.45, 2.75) is 49.0 Å². The van der Waals surface area contributed by atoms with Crippen molar-refractivity contribution in [3.05, 3.63) is 0 Å². The zero-order valence-corrected chi connectivity index (χ0v) is 18.7. The topological polar surface area (TPSA) is 155 Å². The Hall–Kier alpha value is -0.800. The van der Waals surface area contributed by atoms with E-state index in [-0.39, 0.29) is 7.43 Å². The minimum Gasteiger partial charge on any atom is -0.438 e. The van der Waals surface area contributed by atoms with Crippen LogP contribution >= 0.6 is 15.4 Å². The first kappa shape index (κ1) is 31.9. The van der Waals surface area contributed by atoms with E-state index in [4.69, 9.17) is 9.79 Å². The second-order valence-corrected chi connectivity index (χ2v) is 10.7. The minimum atomic E-state index is -4.06. The molecule has 0 saturated carbocycles. The fourth-order valence-electron chi connectivity index (χ4n) is 0.810. The standard InChI is InChI=1S/C7H15O6P.C7H15O5P.CH4/c1-7(2,3)6(8)12-5-13-14(9,10)11-4;1-7(2,3)6(8)11-5-12-13(4,9)10;/h5H2,1-4H3,(H,9,10);5H2,1-4H3,(H,9,10);1H4. The third-order valence-electron chi connectivity index (χ3n) is 2.34. The van der Waals surface area contributed by atoms with Crippen molar-refractivity contribution in [2.24, 2.45) is 10.8 Å². The van der Waals surface area contributed by atoms with Gasteiger partial charge in [-0.05, 0) is 41.5 Å². The fraction of sp³-hybridized carbons (Fsp3) is 0.867. The summed E-state index contributed by atoms with van der Waals surface area (Å²) in [5.74, 6) is -0.991. The van der Waals surface area contributed by atoms with E-state index < -0.39 is 51.8 Å². The Labute approximate surface area is 166 Å². The normalized spacial score (nSPS) is 15.6. The van der Waals surface area contributed by atoms with Crippen LogP contribution in [-0.2, 0) is 41.8 Å². The fourth-order valence-corrected chi connectivity index (χ4v) is 1.35. The predicted molar refractivity (Wildman–Crippen MR) is 102 cm³/mol. The highest BCUT2D eigenvalue weighted by molar-refractivity contribution is 7.51. The second kappa shape index (κ2) is 12.7. The molecular weight excluding hydrogens is 418 g/mol. The lowest BCUT2D eigenvalue weighted by Crippen LogP contribution is -2.23. The molecule has 11 nitrogen and oxygen atoms in total. The highest BCUT2D eigenvalue weighted by Crippen LogP contribution is 2.41. The van der Waals surface area contributed by atoms with Crippen molar-refractivity contribution >= 4 is 27.4 Å². The minimum absolute atomic E-state index is 0. The molecule has 0 fully saturated rings. The molecule has 28 heavy (non-hydrogen) atoms. The van der Waals surface area contributed by atoms with Gasteiger partial charge in [0.1, 0.15) is 0 Å². The van der Waals surface area contributed by atoms with E-state index in [2.05, 4.69) is 23.0 Å². The highest BCUT2D eigenvalue weighted by Gasteiger charge is 2.25. The van der Waals surface area contributed by atoms with E-state index in [1.165, 1.54) is 0 Å². The second-order valence-electron chi connectivity index (χ2n) is 7.31. The van der Waals surface area contributed by atoms with Crippen LogP contribution in [0.3, 0.4) is 0 Å². The van der Waals surface area contributed by atoms with Gasteiger partial charge in [0.2, 0.25) is 13.6 Å². The molecule has 0 spiro atoms. The van der Waals surface area contributed by atoms with Crippen LogP contribution in [0.25, 0.3) is 0 Å². The van der Waals surface area contributed by atoms with E-state index in [1.807, 2.05) is 0 Å². The van der Waals surface area contributed by atoms with Crippen LogP contribution in [0.4, 0.5) is 0 Å². The van der Waals surface area contributed by atoms with Gasteiger partial charge in [-0.2, -0.15) is 0 Å². The van der Waals surface area contributed by atoms with Gasteiger partial charge in [-0.1, -0.05) is 7.43 Å². The molecule has 0 aromatic carbocycles. The van der Waals surface area contributed by atoms with Crippen molar-refractivity contribution in [1.82, 2.24) is 0 Å². The molecule has 2 N–H and O–H groups in total. The molecule has 0 rings (SSSR count). The zero-order valence-electron chi connectivity index (χ0n) is 16.9. The largest absolute Gasteiger partial charge is 0.474 e. The third-order valence-corrected chi connectivity index (χ3v) is 3.82. The van der Waals surface area contributed by atoms with Gasteiger partial charge in [-0.15, -0.1) is 0 Å². The molecule has 0 aromatic heterocycles. The summed E-state index contributed by atoms with van der Waals surface area (Å²) in [6.07, 6.45) is 0. The number of rotatable bonds is 7. The Morgan fingerprint density at radius 1 is 0.821 bits per heavy atom. The molecule has 170 valence electrons. The third kappa shape index (κ3) is 18.6. The SMILES string of the molecule is C.CC(C)(C)C(=O)OCOP(C)(=O)O.COP(=O)(O)OCOC(=O)C(C)(C)C. The van der Waals surface area contributed by atoms with Crippen molar-refractivity contribution in [1.29, 1.82) is 0 Å². The first-order valence-electron chi connectivity index (χ1n) is 7.64. The predicted octanol–water partition coefficient (Wildman–Crippen LogP) is 3.30. The number of phosphoric acid groups is 1. The Bertz CT molecular complexity index is 570. The maximum absolute atomic E-state index is 11.1. The van der Waals surface area contributed by atoms with Gasteiger partial charge in [0.25, 0.3) is 0 Å². The summed E-state index contributed by atoms with van der Waals surface area (Å²) in [6, 6.07) is 0. The Morgan fingerprint density at radius 3 is 1.39 bits per heavy atom. The maximum atomic E-state index is 11.1. The number of esters is 2. The van der Waals surface area contributed by atoms with Crippen LogP contribution in [0.1, 0.15) is 49.0 Å². The first-order valence-corrected chi connectivity index (χ1v) is 11.2. The summed E-state index contributed by atoms with van der Waals surface area (Å²) >= 11 is 0. The molecule has 0 saturated heterocycles. The molecule has 0 bridgehead atoms. The molecule has 0 aliphatic rings. The van der Waals surface area contributed by atoms with E-state index in [0.717, 1.165) is 13.8 Å². The summed E-state index contributed by atoms with van der Waals surface area (Å²) in [6.45, 7) is 9.95. The van der Waals surface area contributed by atoms with Crippen molar-refractivity contribution in [3.8, 4) is 0 Å². The molecule has 0 radical (unpaired) electrons. The van der Waals surface area contributed by atoms with Gasteiger partial charge in [-0.3, -0.25) is 23.2 Å².